The van der Waals surface area contributed by atoms with Gasteiger partial charge in [-0.25, -0.2) is 14.6 Å². The number of nitrogens with one attached hydrogen (secondary N) is 2. The summed E-state index contributed by atoms with van der Waals surface area (Å²) in [5, 5.41) is 40.2. The van der Waals surface area contributed by atoms with Gasteiger partial charge in [-0.15, -0.1) is 0 Å². The lowest BCUT2D eigenvalue weighted by Gasteiger charge is -2.21. The molecule has 0 spiro atoms. The SMILES string of the molecule is CC(C)(C)c1cc(Nc2nccc(-c3cc(C#N)c4c(c3)C(C)(CO)CN4)n2)n(CCO)n1. The first-order valence-corrected chi connectivity index (χ1v) is 10.9. The fourth-order valence-electron chi connectivity index (χ4n) is 3.91. The van der Waals surface area contributed by atoms with Crippen LogP contribution in [0.1, 0.15) is 44.5 Å². The molecule has 0 aliphatic carbocycles. The van der Waals surface area contributed by atoms with E-state index in [0.717, 1.165) is 22.5 Å². The van der Waals surface area contributed by atoms with E-state index in [-0.39, 0.29) is 18.6 Å². The molecule has 172 valence electrons. The molecule has 4 rings (SSSR count). The standard InChI is InChI=1S/C24H29N7O2/c1-23(2,3)19-11-20(31(30-19)7-8-32)29-22-26-6-5-18(28-22)15-9-16(12-25)21-17(10-15)24(4,14-33)13-27-21/h5-6,9-11,27,32-33H,7-8,13-14H2,1-4H3,(H,26,28,29). The third kappa shape index (κ3) is 4.27. The summed E-state index contributed by atoms with van der Waals surface area (Å²) in [4.78, 5) is 9.02. The Morgan fingerprint density at radius 2 is 2.06 bits per heavy atom. The van der Waals surface area contributed by atoms with Crippen LogP contribution in [0.2, 0.25) is 0 Å². The Hall–Kier alpha value is -3.48. The molecule has 9 nitrogen and oxygen atoms in total. The van der Waals surface area contributed by atoms with Crippen molar-refractivity contribution in [3.05, 3.63) is 47.3 Å². The van der Waals surface area contributed by atoms with Gasteiger partial charge in [0.25, 0.3) is 0 Å². The van der Waals surface area contributed by atoms with Crippen LogP contribution in [-0.4, -0.2) is 49.7 Å². The normalized spacial score (nSPS) is 17.4. The summed E-state index contributed by atoms with van der Waals surface area (Å²) in [7, 11) is 0. The first-order valence-electron chi connectivity index (χ1n) is 10.9. The van der Waals surface area contributed by atoms with Gasteiger partial charge in [-0.1, -0.05) is 27.7 Å². The first kappa shape index (κ1) is 22.7. The lowest BCUT2D eigenvalue weighted by molar-refractivity contribution is 0.219. The molecule has 2 aromatic heterocycles. The summed E-state index contributed by atoms with van der Waals surface area (Å²) in [5.41, 5.74) is 3.90. The maximum atomic E-state index is 9.95. The lowest BCUT2D eigenvalue weighted by Crippen LogP contribution is -2.28. The molecule has 1 aliphatic rings. The van der Waals surface area contributed by atoms with Gasteiger partial charge in [0.1, 0.15) is 11.9 Å². The number of fused-ring (bicyclic) bond motifs is 1. The van der Waals surface area contributed by atoms with Crippen molar-refractivity contribution in [3.8, 4) is 17.3 Å². The van der Waals surface area contributed by atoms with E-state index >= 15 is 0 Å². The quantitative estimate of drug-likeness (QED) is 0.453. The number of nitriles is 1. The molecule has 0 amide bonds. The van der Waals surface area contributed by atoms with E-state index in [1.165, 1.54) is 0 Å². The Balaban J connectivity index is 1.71. The minimum atomic E-state index is -0.467. The minimum absolute atomic E-state index is 0.0249. The molecule has 0 saturated heterocycles. The second-order valence-electron chi connectivity index (χ2n) is 9.63. The molecule has 0 saturated carbocycles. The molecule has 3 heterocycles. The summed E-state index contributed by atoms with van der Waals surface area (Å²) < 4.78 is 1.71. The van der Waals surface area contributed by atoms with Crippen molar-refractivity contribution in [2.45, 2.75) is 45.1 Å². The Bertz CT molecular complexity index is 1220. The van der Waals surface area contributed by atoms with Crippen molar-refractivity contribution in [3.63, 3.8) is 0 Å². The smallest absolute Gasteiger partial charge is 0.228 e. The van der Waals surface area contributed by atoms with Gasteiger partial charge < -0.3 is 20.8 Å². The Morgan fingerprint density at radius 3 is 2.73 bits per heavy atom. The van der Waals surface area contributed by atoms with E-state index in [0.29, 0.717) is 36.1 Å². The molecule has 0 bridgehead atoms. The topological polar surface area (TPSA) is 132 Å². The van der Waals surface area contributed by atoms with Crippen molar-refractivity contribution >= 4 is 17.5 Å². The lowest BCUT2D eigenvalue weighted by atomic mass is 9.83. The van der Waals surface area contributed by atoms with E-state index in [2.05, 4.69) is 52.5 Å². The van der Waals surface area contributed by atoms with Crippen LogP contribution in [0.15, 0.2) is 30.5 Å². The number of hydrogen-bond donors (Lipinski definition) is 4. The van der Waals surface area contributed by atoms with Crippen LogP contribution in [0.4, 0.5) is 17.5 Å². The van der Waals surface area contributed by atoms with Crippen molar-refractivity contribution in [1.82, 2.24) is 19.7 Å². The van der Waals surface area contributed by atoms with E-state index in [4.69, 9.17) is 0 Å². The largest absolute Gasteiger partial charge is 0.395 e. The number of hydrogen-bond acceptors (Lipinski definition) is 8. The Labute approximate surface area is 193 Å². The monoisotopic (exact) mass is 447 g/mol. The molecule has 4 N–H and O–H groups in total. The van der Waals surface area contributed by atoms with Crippen LogP contribution >= 0.6 is 0 Å². The number of aliphatic hydroxyl groups is 2. The molecule has 1 unspecified atom stereocenters. The highest BCUT2D eigenvalue weighted by atomic mass is 16.3. The molecule has 33 heavy (non-hydrogen) atoms. The Kier molecular flexibility index (Phi) is 5.82. The minimum Gasteiger partial charge on any atom is -0.395 e. The highest BCUT2D eigenvalue weighted by Crippen LogP contribution is 2.41. The summed E-state index contributed by atoms with van der Waals surface area (Å²) in [6.07, 6.45) is 1.66. The van der Waals surface area contributed by atoms with Gasteiger partial charge >= 0.3 is 0 Å². The summed E-state index contributed by atoms with van der Waals surface area (Å²) in [6, 6.07) is 9.76. The third-order valence-electron chi connectivity index (χ3n) is 5.96. The van der Waals surface area contributed by atoms with E-state index < -0.39 is 5.41 Å². The fraction of sp³-hybridized carbons (Fsp3) is 0.417. The van der Waals surface area contributed by atoms with Crippen molar-refractivity contribution in [2.75, 3.05) is 30.4 Å². The number of aliphatic hydroxyl groups excluding tert-OH is 2. The maximum Gasteiger partial charge on any atom is 0.228 e. The van der Waals surface area contributed by atoms with E-state index in [1.54, 1.807) is 23.0 Å². The number of anilines is 3. The van der Waals surface area contributed by atoms with Crippen LogP contribution in [0.3, 0.4) is 0 Å². The van der Waals surface area contributed by atoms with Crippen LogP contribution in [0.25, 0.3) is 11.3 Å². The third-order valence-corrected chi connectivity index (χ3v) is 5.96. The van der Waals surface area contributed by atoms with Crippen LogP contribution < -0.4 is 10.6 Å². The van der Waals surface area contributed by atoms with Crippen LogP contribution in [0, 0.1) is 11.3 Å². The van der Waals surface area contributed by atoms with Gasteiger partial charge in [0.15, 0.2) is 0 Å². The Morgan fingerprint density at radius 1 is 1.27 bits per heavy atom. The highest BCUT2D eigenvalue weighted by Gasteiger charge is 2.36. The molecule has 1 aliphatic heterocycles. The molecule has 1 aromatic carbocycles. The van der Waals surface area contributed by atoms with Gasteiger partial charge in [-0.3, -0.25) is 0 Å². The maximum absolute atomic E-state index is 9.95. The molecule has 0 radical (unpaired) electrons. The summed E-state index contributed by atoms with van der Waals surface area (Å²) in [5.74, 6) is 1.07. The predicted octanol–water partition coefficient (Wildman–Crippen LogP) is 2.92. The molecule has 1 atom stereocenters. The average Bonchev–Trinajstić information content (AvgIpc) is 3.35. The zero-order valence-corrected chi connectivity index (χ0v) is 19.3. The summed E-state index contributed by atoms with van der Waals surface area (Å²) in [6.45, 7) is 9.06. The predicted molar refractivity (Wildman–Crippen MR) is 126 cm³/mol. The van der Waals surface area contributed by atoms with E-state index in [9.17, 15) is 15.5 Å². The van der Waals surface area contributed by atoms with Gasteiger partial charge in [-0.05, 0) is 23.8 Å². The number of nitrogens with zero attached hydrogens (tertiary/aromatic N) is 5. The van der Waals surface area contributed by atoms with Crippen LogP contribution in [-0.2, 0) is 17.4 Å². The highest BCUT2D eigenvalue weighted by molar-refractivity contribution is 5.76. The van der Waals surface area contributed by atoms with Gasteiger partial charge in [-0.2, -0.15) is 10.4 Å². The van der Waals surface area contributed by atoms with Crippen LogP contribution in [0.5, 0.6) is 0 Å². The van der Waals surface area contributed by atoms with E-state index in [1.807, 2.05) is 19.1 Å². The fourth-order valence-corrected chi connectivity index (χ4v) is 3.91. The van der Waals surface area contributed by atoms with Gasteiger partial charge in [0.05, 0.1) is 42.4 Å². The molecular formula is C24H29N7O2. The molecule has 0 fully saturated rings. The van der Waals surface area contributed by atoms with Crippen molar-refractivity contribution in [1.29, 1.82) is 5.26 Å². The molecule has 3 aromatic rings. The first-order chi connectivity index (χ1) is 15.7. The average molecular weight is 448 g/mol. The van der Waals surface area contributed by atoms with Crippen molar-refractivity contribution < 1.29 is 10.2 Å². The number of benzene rings is 1. The zero-order valence-electron chi connectivity index (χ0n) is 19.3. The second-order valence-corrected chi connectivity index (χ2v) is 9.63. The molecule has 9 heteroatoms. The number of rotatable bonds is 6. The van der Waals surface area contributed by atoms with Gasteiger partial charge in [0, 0.05) is 35.2 Å². The molecular weight excluding hydrogens is 418 g/mol. The van der Waals surface area contributed by atoms with Gasteiger partial charge in [0.2, 0.25) is 5.95 Å². The summed E-state index contributed by atoms with van der Waals surface area (Å²) >= 11 is 0. The van der Waals surface area contributed by atoms with Crippen molar-refractivity contribution in [2.24, 2.45) is 0 Å². The number of aromatic nitrogens is 4. The second kappa shape index (κ2) is 8.46. The zero-order chi connectivity index (χ0) is 23.8.